The zero-order chi connectivity index (χ0) is 11.5. The van der Waals surface area contributed by atoms with Crippen LogP contribution in [0.5, 0.6) is 0 Å². The summed E-state index contributed by atoms with van der Waals surface area (Å²) in [5.41, 5.74) is 5.99. The maximum absolute atomic E-state index is 5.99. The van der Waals surface area contributed by atoms with E-state index in [-0.39, 0.29) is 0 Å². The molecule has 1 aliphatic heterocycles. The molecule has 0 aromatic rings. The van der Waals surface area contributed by atoms with Crippen molar-refractivity contribution in [3.63, 3.8) is 0 Å². The van der Waals surface area contributed by atoms with Gasteiger partial charge in [-0.15, -0.1) is 0 Å². The summed E-state index contributed by atoms with van der Waals surface area (Å²) >= 11 is 0. The normalized spacial score (nSPS) is 36.4. The molecule has 16 heavy (non-hydrogen) atoms. The smallest absolute Gasteiger partial charge is 0.0223 e. The number of hydrogen-bond acceptors (Lipinski definition) is 3. The predicted octanol–water partition coefficient (Wildman–Crippen LogP) is 1.14. The Morgan fingerprint density at radius 2 is 2.06 bits per heavy atom. The van der Waals surface area contributed by atoms with Gasteiger partial charge < -0.3 is 10.6 Å². The highest BCUT2D eigenvalue weighted by molar-refractivity contribution is 4.86. The van der Waals surface area contributed by atoms with Crippen LogP contribution in [0.15, 0.2) is 0 Å². The van der Waals surface area contributed by atoms with E-state index in [1.807, 2.05) is 0 Å². The molecule has 0 amide bonds. The highest BCUT2D eigenvalue weighted by atomic mass is 15.2. The lowest BCUT2D eigenvalue weighted by Crippen LogP contribution is -2.39. The Kier molecular flexibility index (Phi) is 4.22. The van der Waals surface area contributed by atoms with Gasteiger partial charge in [-0.2, -0.15) is 0 Å². The van der Waals surface area contributed by atoms with Crippen molar-refractivity contribution in [3.8, 4) is 0 Å². The van der Waals surface area contributed by atoms with Crippen LogP contribution in [0.25, 0.3) is 0 Å². The molecule has 0 spiro atoms. The minimum atomic E-state index is 0.486. The van der Waals surface area contributed by atoms with Crippen molar-refractivity contribution in [1.29, 1.82) is 0 Å². The topological polar surface area (TPSA) is 32.5 Å². The predicted molar refractivity (Wildman–Crippen MR) is 68.5 cm³/mol. The lowest BCUT2D eigenvalue weighted by molar-refractivity contribution is 0.181. The molecule has 0 radical (unpaired) electrons. The van der Waals surface area contributed by atoms with Gasteiger partial charge in [0.1, 0.15) is 0 Å². The lowest BCUT2D eigenvalue weighted by Gasteiger charge is -2.29. The molecule has 0 bridgehead atoms. The molecular weight excluding hydrogens is 198 g/mol. The number of nitrogens with zero attached hydrogens (tertiary/aromatic N) is 2. The van der Waals surface area contributed by atoms with Gasteiger partial charge in [0.15, 0.2) is 0 Å². The molecule has 1 saturated heterocycles. The van der Waals surface area contributed by atoms with Gasteiger partial charge in [0.05, 0.1) is 0 Å². The highest BCUT2D eigenvalue weighted by Crippen LogP contribution is 2.28. The van der Waals surface area contributed by atoms with Gasteiger partial charge in [-0.3, -0.25) is 4.90 Å². The number of likely N-dealkylation sites (N-methyl/N-ethyl adjacent to an activating group) is 1. The lowest BCUT2D eigenvalue weighted by atomic mass is 10.1. The van der Waals surface area contributed by atoms with Gasteiger partial charge in [-0.25, -0.2) is 0 Å². The second kappa shape index (κ2) is 5.48. The highest BCUT2D eigenvalue weighted by Gasteiger charge is 2.29. The van der Waals surface area contributed by atoms with Crippen molar-refractivity contribution in [3.05, 3.63) is 0 Å². The molecule has 0 aromatic carbocycles. The Labute approximate surface area is 100.0 Å². The van der Waals surface area contributed by atoms with E-state index in [4.69, 9.17) is 5.73 Å². The number of nitrogens with two attached hydrogens (primary N) is 1. The van der Waals surface area contributed by atoms with Crippen molar-refractivity contribution < 1.29 is 0 Å². The Morgan fingerprint density at radius 1 is 1.25 bits per heavy atom. The van der Waals surface area contributed by atoms with Gasteiger partial charge in [0, 0.05) is 25.2 Å². The van der Waals surface area contributed by atoms with Gasteiger partial charge in [-0.05, 0) is 58.7 Å². The number of hydrogen-bond donors (Lipinski definition) is 1. The van der Waals surface area contributed by atoms with E-state index in [9.17, 15) is 0 Å². The largest absolute Gasteiger partial charge is 0.328 e. The average molecular weight is 225 g/mol. The third kappa shape index (κ3) is 3.19. The third-order valence-electron chi connectivity index (χ3n) is 4.15. The van der Waals surface area contributed by atoms with Gasteiger partial charge in [0.25, 0.3) is 0 Å². The summed E-state index contributed by atoms with van der Waals surface area (Å²) in [6.45, 7) is 3.83. The van der Waals surface area contributed by atoms with Crippen molar-refractivity contribution >= 4 is 0 Å². The summed E-state index contributed by atoms with van der Waals surface area (Å²) in [5, 5.41) is 0. The molecule has 94 valence electrons. The van der Waals surface area contributed by atoms with E-state index in [2.05, 4.69) is 23.9 Å². The van der Waals surface area contributed by atoms with E-state index >= 15 is 0 Å². The molecule has 1 saturated carbocycles. The van der Waals surface area contributed by atoms with Crippen LogP contribution in [-0.2, 0) is 0 Å². The molecule has 2 fully saturated rings. The SMILES string of the molecule is CN(C)CC1CCCN1CC1CCC(N)C1. The molecule has 3 heteroatoms. The molecule has 1 aliphatic carbocycles. The second-order valence-electron chi connectivity index (χ2n) is 5.99. The zero-order valence-corrected chi connectivity index (χ0v) is 10.9. The van der Waals surface area contributed by atoms with Crippen molar-refractivity contribution in [1.82, 2.24) is 9.80 Å². The van der Waals surface area contributed by atoms with Crippen molar-refractivity contribution in [2.45, 2.75) is 44.2 Å². The zero-order valence-electron chi connectivity index (χ0n) is 10.9. The minimum Gasteiger partial charge on any atom is -0.328 e. The van der Waals surface area contributed by atoms with E-state index < -0.39 is 0 Å². The Balaban J connectivity index is 1.79. The first-order chi connectivity index (χ1) is 7.65. The van der Waals surface area contributed by atoms with Crippen LogP contribution >= 0.6 is 0 Å². The summed E-state index contributed by atoms with van der Waals surface area (Å²) in [4.78, 5) is 5.03. The monoisotopic (exact) mass is 225 g/mol. The first-order valence-corrected chi connectivity index (χ1v) is 6.79. The van der Waals surface area contributed by atoms with Crippen LogP contribution in [0.1, 0.15) is 32.1 Å². The van der Waals surface area contributed by atoms with Crippen molar-refractivity contribution in [2.24, 2.45) is 11.7 Å². The summed E-state index contributed by atoms with van der Waals surface area (Å²) in [5.74, 6) is 0.873. The average Bonchev–Trinajstić information content (AvgIpc) is 2.77. The van der Waals surface area contributed by atoms with E-state index in [0.717, 1.165) is 12.0 Å². The Morgan fingerprint density at radius 3 is 2.69 bits per heavy atom. The minimum absolute atomic E-state index is 0.486. The molecular formula is C13H27N3. The van der Waals surface area contributed by atoms with E-state index in [0.29, 0.717) is 6.04 Å². The summed E-state index contributed by atoms with van der Waals surface area (Å²) in [6.07, 6.45) is 6.63. The second-order valence-corrected chi connectivity index (χ2v) is 5.99. The van der Waals surface area contributed by atoms with Crippen LogP contribution in [0.4, 0.5) is 0 Å². The molecule has 2 rings (SSSR count). The molecule has 3 nitrogen and oxygen atoms in total. The fourth-order valence-corrected chi connectivity index (χ4v) is 3.37. The van der Waals surface area contributed by atoms with Gasteiger partial charge in [-0.1, -0.05) is 0 Å². The first kappa shape index (κ1) is 12.3. The molecule has 2 N–H and O–H groups in total. The Hall–Kier alpha value is -0.120. The summed E-state index contributed by atoms with van der Waals surface area (Å²) in [6, 6.07) is 1.28. The summed E-state index contributed by atoms with van der Waals surface area (Å²) in [7, 11) is 4.37. The molecule has 2 aliphatic rings. The summed E-state index contributed by atoms with van der Waals surface area (Å²) < 4.78 is 0. The van der Waals surface area contributed by atoms with Gasteiger partial charge in [0.2, 0.25) is 0 Å². The molecule has 3 unspecified atom stereocenters. The fraction of sp³-hybridized carbons (Fsp3) is 1.00. The van der Waals surface area contributed by atoms with Crippen molar-refractivity contribution in [2.75, 3.05) is 33.7 Å². The fourth-order valence-electron chi connectivity index (χ4n) is 3.37. The standard InChI is InChI=1S/C13H27N3/c1-15(2)10-13-4-3-7-16(13)9-11-5-6-12(14)8-11/h11-13H,3-10,14H2,1-2H3. The maximum Gasteiger partial charge on any atom is 0.0223 e. The van der Waals surface area contributed by atoms with Crippen LogP contribution in [0, 0.1) is 5.92 Å². The molecule has 1 heterocycles. The number of rotatable bonds is 4. The third-order valence-corrected chi connectivity index (χ3v) is 4.15. The van der Waals surface area contributed by atoms with E-state index in [1.165, 1.54) is 51.7 Å². The van der Waals surface area contributed by atoms with Crippen LogP contribution in [0.2, 0.25) is 0 Å². The van der Waals surface area contributed by atoms with Crippen LogP contribution in [0.3, 0.4) is 0 Å². The number of likely N-dealkylation sites (tertiary alicyclic amines) is 1. The van der Waals surface area contributed by atoms with Crippen LogP contribution < -0.4 is 5.73 Å². The quantitative estimate of drug-likeness (QED) is 0.779. The van der Waals surface area contributed by atoms with Gasteiger partial charge >= 0.3 is 0 Å². The first-order valence-electron chi connectivity index (χ1n) is 6.79. The van der Waals surface area contributed by atoms with Crippen LogP contribution in [-0.4, -0.2) is 55.6 Å². The Bertz CT molecular complexity index is 217. The molecule has 3 atom stereocenters. The molecule has 0 aromatic heterocycles. The van der Waals surface area contributed by atoms with E-state index in [1.54, 1.807) is 0 Å². The maximum atomic E-state index is 5.99.